The average Bonchev–Trinajstić information content (AvgIpc) is 2.27. The largest absolute Gasteiger partial charge is 0.496 e. The first-order chi connectivity index (χ1) is 7.58. The van der Waals surface area contributed by atoms with E-state index in [1.807, 2.05) is 6.07 Å². The Hall–Kier alpha value is -1.51. The van der Waals surface area contributed by atoms with Crippen LogP contribution in [0.3, 0.4) is 0 Å². The maximum absolute atomic E-state index is 11.3. The highest BCUT2D eigenvalue weighted by Crippen LogP contribution is 2.23. The molecule has 0 fully saturated rings. The van der Waals surface area contributed by atoms with Crippen LogP contribution in [0.2, 0.25) is 0 Å². The summed E-state index contributed by atoms with van der Waals surface area (Å²) in [4.78, 5) is 11.3. The average molecular weight is 222 g/mol. The highest BCUT2D eigenvalue weighted by Gasteiger charge is 2.11. The molecule has 16 heavy (non-hydrogen) atoms. The van der Waals surface area contributed by atoms with Crippen molar-refractivity contribution in [1.29, 1.82) is 0 Å². The van der Waals surface area contributed by atoms with Gasteiger partial charge in [0.05, 0.1) is 19.8 Å². The predicted molar refractivity (Wildman–Crippen MR) is 62.9 cm³/mol. The Morgan fingerprint density at radius 2 is 2.00 bits per heavy atom. The summed E-state index contributed by atoms with van der Waals surface area (Å²) < 4.78 is 9.94. The molecule has 0 unspecified atom stereocenters. The summed E-state index contributed by atoms with van der Waals surface area (Å²) in [5.74, 6) is 0.962. The normalized spacial score (nSPS) is 10.3. The van der Waals surface area contributed by atoms with Crippen molar-refractivity contribution in [3.63, 3.8) is 0 Å². The van der Waals surface area contributed by atoms with Gasteiger partial charge < -0.3 is 9.47 Å². The van der Waals surface area contributed by atoms with Gasteiger partial charge in [0.15, 0.2) is 0 Å². The minimum Gasteiger partial charge on any atom is -0.496 e. The number of hydrogen-bond donors (Lipinski definition) is 0. The first-order valence-electron chi connectivity index (χ1n) is 5.33. The van der Waals surface area contributed by atoms with Crippen molar-refractivity contribution in [2.24, 2.45) is 5.92 Å². The number of rotatable bonds is 4. The fourth-order valence-corrected chi connectivity index (χ4v) is 1.60. The van der Waals surface area contributed by atoms with Crippen molar-refractivity contribution in [3.05, 3.63) is 29.3 Å². The third-order valence-electron chi connectivity index (χ3n) is 2.34. The van der Waals surface area contributed by atoms with Crippen LogP contribution in [0.4, 0.5) is 0 Å². The van der Waals surface area contributed by atoms with Crippen LogP contribution in [-0.2, 0) is 11.2 Å². The van der Waals surface area contributed by atoms with E-state index in [2.05, 4.69) is 18.6 Å². The van der Waals surface area contributed by atoms with Gasteiger partial charge in [0, 0.05) is 0 Å². The van der Waals surface area contributed by atoms with Crippen LogP contribution in [0.15, 0.2) is 18.2 Å². The third kappa shape index (κ3) is 2.99. The summed E-state index contributed by atoms with van der Waals surface area (Å²) in [5.41, 5.74) is 1.64. The van der Waals surface area contributed by atoms with E-state index < -0.39 is 0 Å². The lowest BCUT2D eigenvalue weighted by atomic mass is 10.0. The van der Waals surface area contributed by atoms with Crippen LogP contribution in [0.5, 0.6) is 5.75 Å². The van der Waals surface area contributed by atoms with E-state index in [9.17, 15) is 4.79 Å². The van der Waals surface area contributed by atoms with Crippen molar-refractivity contribution in [1.82, 2.24) is 0 Å². The van der Waals surface area contributed by atoms with E-state index in [1.165, 1.54) is 7.11 Å². The van der Waals surface area contributed by atoms with Gasteiger partial charge in [0.2, 0.25) is 0 Å². The topological polar surface area (TPSA) is 35.5 Å². The fraction of sp³-hybridized carbons (Fsp3) is 0.462. The van der Waals surface area contributed by atoms with Crippen LogP contribution < -0.4 is 4.74 Å². The molecular formula is C13H18O3. The zero-order valence-corrected chi connectivity index (χ0v) is 10.2. The van der Waals surface area contributed by atoms with Crippen LogP contribution in [0.1, 0.15) is 29.8 Å². The molecule has 88 valence electrons. The van der Waals surface area contributed by atoms with E-state index in [1.54, 1.807) is 19.2 Å². The second kappa shape index (κ2) is 5.54. The molecule has 1 aromatic carbocycles. The van der Waals surface area contributed by atoms with Gasteiger partial charge in [-0.15, -0.1) is 0 Å². The van der Waals surface area contributed by atoms with Gasteiger partial charge in [-0.25, -0.2) is 4.79 Å². The van der Waals surface area contributed by atoms with Crippen molar-refractivity contribution < 1.29 is 14.3 Å². The van der Waals surface area contributed by atoms with E-state index in [4.69, 9.17) is 4.74 Å². The molecule has 0 aliphatic carbocycles. The Morgan fingerprint density at radius 3 is 2.50 bits per heavy atom. The lowest BCUT2D eigenvalue weighted by Gasteiger charge is -2.11. The molecule has 0 N–H and O–H groups in total. The fourth-order valence-electron chi connectivity index (χ4n) is 1.60. The molecule has 1 aromatic rings. The maximum atomic E-state index is 11.3. The number of carbonyl (C=O) groups excluding carboxylic acids is 1. The van der Waals surface area contributed by atoms with Crippen molar-refractivity contribution in [2.75, 3.05) is 14.2 Å². The Bertz CT molecular complexity index is 369. The van der Waals surface area contributed by atoms with E-state index in [-0.39, 0.29) is 5.97 Å². The number of methoxy groups -OCH3 is 2. The zero-order valence-electron chi connectivity index (χ0n) is 10.2. The standard InChI is InChI=1S/C13H18O3/c1-9(2)7-10-5-6-11(13(14)16-4)8-12(10)15-3/h5-6,8-9H,7H2,1-4H3. The SMILES string of the molecule is COC(=O)c1ccc(CC(C)C)c(OC)c1. The molecule has 3 nitrogen and oxygen atoms in total. The van der Waals surface area contributed by atoms with Crippen molar-refractivity contribution in [3.8, 4) is 5.75 Å². The maximum Gasteiger partial charge on any atom is 0.337 e. The number of ether oxygens (including phenoxy) is 2. The van der Waals surface area contributed by atoms with E-state index in [0.29, 0.717) is 11.5 Å². The second-order valence-electron chi connectivity index (χ2n) is 4.12. The molecule has 0 heterocycles. The first kappa shape index (κ1) is 12.6. The van der Waals surface area contributed by atoms with E-state index in [0.717, 1.165) is 17.7 Å². The molecule has 0 aromatic heterocycles. The summed E-state index contributed by atoms with van der Waals surface area (Å²) in [5, 5.41) is 0. The number of carbonyl (C=O) groups is 1. The minimum absolute atomic E-state index is 0.339. The Labute approximate surface area is 96.4 Å². The molecule has 0 radical (unpaired) electrons. The molecule has 0 spiro atoms. The molecule has 3 heteroatoms. The second-order valence-corrected chi connectivity index (χ2v) is 4.12. The van der Waals surface area contributed by atoms with Gasteiger partial charge in [-0.3, -0.25) is 0 Å². The molecule has 0 saturated heterocycles. The summed E-state index contributed by atoms with van der Waals surface area (Å²) in [6.07, 6.45) is 0.935. The zero-order chi connectivity index (χ0) is 12.1. The smallest absolute Gasteiger partial charge is 0.337 e. The minimum atomic E-state index is -0.339. The molecule has 0 aliphatic rings. The van der Waals surface area contributed by atoms with Gasteiger partial charge in [-0.2, -0.15) is 0 Å². The summed E-state index contributed by atoms with van der Waals surface area (Å²) in [7, 11) is 2.98. The van der Waals surface area contributed by atoms with E-state index >= 15 is 0 Å². The van der Waals surface area contributed by atoms with Gasteiger partial charge in [-0.1, -0.05) is 19.9 Å². The van der Waals surface area contributed by atoms with Crippen molar-refractivity contribution in [2.45, 2.75) is 20.3 Å². The van der Waals surface area contributed by atoms with Crippen LogP contribution >= 0.6 is 0 Å². The van der Waals surface area contributed by atoms with Crippen LogP contribution in [-0.4, -0.2) is 20.2 Å². The summed E-state index contributed by atoms with van der Waals surface area (Å²) >= 11 is 0. The molecule has 0 aliphatic heterocycles. The highest BCUT2D eigenvalue weighted by atomic mass is 16.5. The predicted octanol–water partition coefficient (Wildman–Crippen LogP) is 2.68. The van der Waals surface area contributed by atoms with Gasteiger partial charge in [-0.05, 0) is 30.0 Å². The molecule has 0 amide bonds. The van der Waals surface area contributed by atoms with Gasteiger partial charge in [0.25, 0.3) is 0 Å². The van der Waals surface area contributed by atoms with Gasteiger partial charge in [0.1, 0.15) is 5.75 Å². The third-order valence-corrected chi connectivity index (χ3v) is 2.34. The highest BCUT2D eigenvalue weighted by molar-refractivity contribution is 5.89. The molecule has 0 atom stereocenters. The Kier molecular flexibility index (Phi) is 4.35. The Morgan fingerprint density at radius 1 is 1.31 bits per heavy atom. The summed E-state index contributed by atoms with van der Waals surface area (Å²) in [6, 6.07) is 5.42. The van der Waals surface area contributed by atoms with Crippen LogP contribution in [0, 0.1) is 5.92 Å². The number of hydrogen-bond acceptors (Lipinski definition) is 3. The molecule has 0 saturated carbocycles. The monoisotopic (exact) mass is 222 g/mol. The van der Waals surface area contributed by atoms with Crippen LogP contribution in [0.25, 0.3) is 0 Å². The Balaban J connectivity index is 3.01. The van der Waals surface area contributed by atoms with Crippen molar-refractivity contribution >= 4 is 5.97 Å². The van der Waals surface area contributed by atoms with Gasteiger partial charge >= 0.3 is 5.97 Å². The summed E-state index contributed by atoms with van der Waals surface area (Å²) in [6.45, 7) is 4.29. The number of benzene rings is 1. The molecule has 0 bridgehead atoms. The molecule has 1 rings (SSSR count). The first-order valence-corrected chi connectivity index (χ1v) is 5.33. The lowest BCUT2D eigenvalue weighted by molar-refractivity contribution is 0.0600. The number of esters is 1. The molecular weight excluding hydrogens is 204 g/mol. The quantitative estimate of drug-likeness (QED) is 0.735. The lowest BCUT2D eigenvalue weighted by Crippen LogP contribution is -2.04.